The summed E-state index contributed by atoms with van der Waals surface area (Å²) in [6.07, 6.45) is -0.308. The van der Waals surface area contributed by atoms with Gasteiger partial charge in [-0.25, -0.2) is 14.6 Å². The molecule has 0 aliphatic carbocycles. The van der Waals surface area contributed by atoms with Crippen LogP contribution in [0.1, 0.15) is 18.0 Å². The summed E-state index contributed by atoms with van der Waals surface area (Å²) < 4.78 is 32.4. The fourth-order valence-corrected chi connectivity index (χ4v) is 4.89. The SMILES string of the molecule is O=C(O)N1CC2(C1)CN(C(=O)N(Cc1cn3ccc(-c4nnc(C(F)F)o4)cc3n1)c1ccccc1)C2. The Morgan fingerprint density at radius 1 is 1.08 bits per heavy atom. The Balaban J connectivity index is 1.22. The molecule has 13 heteroatoms. The highest BCUT2D eigenvalue weighted by Gasteiger charge is 2.55. The molecule has 0 atom stereocenters. The Morgan fingerprint density at radius 3 is 2.49 bits per heavy atom. The largest absolute Gasteiger partial charge is 0.465 e. The molecule has 6 rings (SSSR count). The van der Waals surface area contributed by atoms with E-state index in [2.05, 4.69) is 15.2 Å². The summed E-state index contributed by atoms with van der Waals surface area (Å²) in [6, 6.07) is 12.3. The van der Waals surface area contributed by atoms with Crippen LogP contribution in [0, 0.1) is 5.41 Å². The number of nitrogens with zero attached hydrogens (tertiary/aromatic N) is 7. The number of urea groups is 1. The molecule has 2 fully saturated rings. The maximum atomic E-state index is 13.5. The summed E-state index contributed by atoms with van der Waals surface area (Å²) in [5.41, 5.74) is 2.13. The highest BCUT2D eigenvalue weighted by molar-refractivity contribution is 5.92. The third-order valence-electron chi connectivity index (χ3n) is 6.65. The summed E-state index contributed by atoms with van der Waals surface area (Å²) in [5.74, 6) is -0.783. The molecule has 0 saturated carbocycles. The van der Waals surface area contributed by atoms with E-state index in [9.17, 15) is 18.4 Å². The lowest BCUT2D eigenvalue weighted by atomic mass is 9.73. The Bertz CT molecular complexity index is 1470. The lowest BCUT2D eigenvalue weighted by molar-refractivity contribution is -0.0800. The zero-order valence-electron chi connectivity index (χ0n) is 19.4. The number of fused-ring (bicyclic) bond motifs is 1. The van der Waals surface area contributed by atoms with E-state index in [-0.39, 0.29) is 23.9 Å². The average molecular weight is 509 g/mol. The number of carbonyl (C=O) groups is 2. The Hall–Kier alpha value is -4.55. The third-order valence-corrected chi connectivity index (χ3v) is 6.65. The van der Waals surface area contributed by atoms with Gasteiger partial charge in [0.25, 0.3) is 5.89 Å². The number of aromatic nitrogens is 4. The molecular formula is C24H21F2N7O4. The Labute approximate surface area is 208 Å². The van der Waals surface area contributed by atoms with Crippen LogP contribution in [0.5, 0.6) is 0 Å². The maximum Gasteiger partial charge on any atom is 0.407 e. The van der Waals surface area contributed by atoms with E-state index in [1.54, 1.807) is 38.7 Å². The lowest BCUT2D eigenvalue weighted by Gasteiger charge is -2.59. The van der Waals surface area contributed by atoms with Gasteiger partial charge in [-0.15, -0.1) is 10.2 Å². The molecule has 4 aromatic rings. The van der Waals surface area contributed by atoms with Crippen molar-refractivity contribution < 1.29 is 27.9 Å². The van der Waals surface area contributed by atoms with Gasteiger partial charge >= 0.3 is 18.5 Å². The number of carboxylic acid groups (broad SMARTS) is 1. The number of para-hydroxylation sites is 1. The topological polar surface area (TPSA) is 120 Å². The van der Waals surface area contributed by atoms with Crippen molar-refractivity contribution in [2.24, 2.45) is 5.41 Å². The van der Waals surface area contributed by atoms with Crippen LogP contribution in [0.3, 0.4) is 0 Å². The molecule has 3 amide bonds. The predicted octanol–water partition coefficient (Wildman–Crippen LogP) is 3.74. The van der Waals surface area contributed by atoms with Gasteiger partial charge < -0.3 is 23.7 Å². The molecule has 1 spiro atoms. The van der Waals surface area contributed by atoms with Gasteiger partial charge in [0.2, 0.25) is 5.89 Å². The molecule has 37 heavy (non-hydrogen) atoms. The van der Waals surface area contributed by atoms with Crippen molar-refractivity contribution in [3.8, 4) is 11.5 Å². The van der Waals surface area contributed by atoms with Crippen molar-refractivity contribution in [1.82, 2.24) is 29.4 Å². The van der Waals surface area contributed by atoms with Crippen molar-refractivity contribution in [3.63, 3.8) is 0 Å². The molecule has 2 saturated heterocycles. The number of anilines is 1. The zero-order valence-corrected chi connectivity index (χ0v) is 19.4. The van der Waals surface area contributed by atoms with Crippen LogP contribution >= 0.6 is 0 Å². The van der Waals surface area contributed by atoms with Gasteiger partial charge in [-0.05, 0) is 24.3 Å². The van der Waals surface area contributed by atoms with Gasteiger partial charge in [0.05, 0.1) is 12.2 Å². The van der Waals surface area contributed by atoms with Crippen LogP contribution in [0.2, 0.25) is 0 Å². The number of pyridine rings is 1. The summed E-state index contributed by atoms with van der Waals surface area (Å²) in [7, 11) is 0. The van der Waals surface area contributed by atoms with E-state index in [1.165, 1.54) is 4.90 Å². The first-order valence-electron chi connectivity index (χ1n) is 11.5. The molecule has 0 radical (unpaired) electrons. The number of likely N-dealkylation sites (tertiary alicyclic amines) is 2. The smallest absolute Gasteiger partial charge is 0.407 e. The average Bonchev–Trinajstić information content (AvgIpc) is 3.47. The van der Waals surface area contributed by atoms with Crippen molar-refractivity contribution in [2.75, 3.05) is 31.1 Å². The van der Waals surface area contributed by atoms with Gasteiger partial charge in [0.15, 0.2) is 0 Å². The molecule has 5 heterocycles. The number of alkyl halides is 2. The zero-order chi connectivity index (χ0) is 25.7. The number of benzene rings is 1. The Morgan fingerprint density at radius 2 is 1.81 bits per heavy atom. The third kappa shape index (κ3) is 4.11. The first-order chi connectivity index (χ1) is 17.8. The number of carbonyl (C=O) groups excluding carboxylic acids is 1. The summed E-state index contributed by atoms with van der Waals surface area (Å²) in [4.78, 5) is 33.9. The first-order valence-corrected chi connectivity index (χ1v) is 11.5. The number of imidazole rings is 1. The van der Waals surface area contributed by atoms with Gasteiger partial charge in [-0.1, -0.05) is 18.2 Å². The molecule has 2 aliphatic heterocycles. The van der Waals surface area contributed by atoms with E-state index in [0.717, 1.165) is 0 Å². The normalized spacial score (nSPS) is 16.2. The molecule has 190 valence electrons. The van der Waals surface area contributed by atoms with E-state index >= 15 is 0 Å². The second kappa shape index (κ2) is 8.54. The highest BCUT2D eigenvalue weighted by atomic mass is 19.3. The van der Waals surface area contributed by atoms with E-state index in [0.29, 0.717) is 48.8 Å². The lowest BCUT2D eigenvalue weighted by Crippen LogP contribution is -2.74. The van der Waals surface area contributed by atoms with E-state index in [1.807, 2.05) is 30.3 Å². The quantitative estimate of drug-likeness (QED) is 0.435. The van der Waals surface area contributed by atoms with Crippen molar-refractivity contribution in [2.45, 2.75) is 13.0 Å². The van der Waals surface area contributed by atoms with E-state index in [4.69, 9.17) is 9.52 Å². The van der Waals surface area contributed by atoms with Crippen LogP contribution < -0.4 is 4.90 Å². The van der Waals surface area contributed by atoms with Crippen molar-refractivity contribution in [1.29, 1.82) is 0 Å². The summed E-state index contributed by atoms with van der Waals surface area (Å²) >= 11 is 0. The number of hydrogen-bond donors (Lipinski definition) is 1. The number of amides is 3. The number of rotatable bonds is 5. The molecule has 0 unspecified atom stereocenters. The van der Waals surface area contributed by atoms with Crippen LogP contribution in [-0.2, 0) is 6.54 Å². The maximum absolute atomic E-state index is 13.5. The molecule has 0 bridgehead atoms. The van der Waals surface area contributed by atoms with Gasteiger partial charge in [-0.3, -0.25) is 4.90 Å². The standard InChI is InChI=1S/C24H21F2N7O4/c25-19(26)21-29-28-20(37-21)15-6-7-30-9-16(27-18(30)8-15)10-33(17-4-2-1-3-5-17)22(34)31-11-24(12-31)13-32(14-24)23(35)36/h1-9,19H,10-14H2,(H,35,36). The van der Waals surface area contributed by atoms with Crippen LogP contribution in [0.15, 0.2) is 59.3 Å². The van der Waals surface area contributed by atoms with E-state index < -0.39 is 18.4 Å². The van der Waals surface area contributed by atoms with Crippen molar-refractivity contribution >= 4 is 23.5 Å². The van der Waals surface area contributed by atoms with Crippen LogP contribution in [0.25, 0.3) is 17.1 Å². The molecule has 1 N–H and O–H groups in total. The first kappa shape index (κ1) is 22.9. The minimum Gasteiger partial charge on any atom is -0.465 e. The minimum absolute atomic E-state index is 0.0346. The molecule has 3 aromatic heterocycles. The molecular weight excluding hydrogens is 488 g/mol. The highest BCUT2D eigenvalue weighted by Crippen LogP contribution is 2.40. The second-order valence-electron chi connectivity index (χ2n) is 9.36. The Kier molecular flexibility index (Phi) is 5.28. The fraction of sp³-hybridized carbons (Fsp3) is 0.292. The van der Waals surface area contributed by atoms with Gasteiger partial charge in [-0.2, -0.15) is 8.78 Å². The number of hydrogen-bond acceptors (Lipinski definition) is 6. The van der Waals surface area contributed by atoms with Crippen LogP contribution in [0.4, 0.5) is 24.1 Å². The molecule has 11 nitrogen and oxygen atoms in total. The number of halogens is 2. The fourth-order valence-electron chi connectivity index (χ4n) is 4.89. The van der Waals surface area contributed by atoms with Crippen LogP contribution in [-0.4, -0.2) is 72.8 Å². The van der Waals surface area contributed by atoms with Crippen molar-refractivity contribution in [3.05, 3.63) is 66.4 Å². The monoisotopic (exact) mass is 509 g/mol. The van der Waals surface area contributed by atoms with Gasteiger partial charge in [0, 0.05) is 55.2 Å². The summed E-state index contributed by atoms with van der Waals surface area (Å²) in [6.45, 7) is 2.06. The molecule has 2 aliphatic rings. The van der Waals surface area contributed by atoms with Gasteiger partial charge in [0.1, 0.15) is 5.65 Å². The predicted molar refractivity (Wildman–Crippen MR) is 125 cm³/mol. The molecule has 1 aromatic carbocycles. The second-order valence-corrected chi connectivity index (χ2v) is 9.36. The minimum atomic E-state index is -2.86. The summed E-state index contributed by atoms with van der Waals surface area (Å²) in [5, 5.41) is 16.1.